The minimum absolute atomic E-state index is 0.113. The van der Waals surface area contributed by atoms with Crippen molar-refractivity contribution in [3.8, 4) is 0 Å². The zero-order chi connectivity index (χ0) is 16.4. The lowest BCUT2D eigenvalue weighted by atomic mass is 10.0. The van der Waals surface area contributed by atoms with Crippen molar-refractivity contribution in [3.63, 3.8) is 0 Å². The van der Waals surface area contributed by atoms with E-state index in [4.69, 9.17) is 0 Å². The molecule has 23 heavy (non-hydrogen) atoms. The quantitative estimate of drug-likeness (QED) is 0.780. The van der Waals surface area contributed by atoms with Crippen molar-refractivity contribution < 1.29 is 4.79 Å². The molecule has 3 rings (SSSR count). The summed E-state index contributed by atoms with van der Waals surface area (Å²) in [5.74, 6) is 0.113. The number of hydrogen-bond donors (Lipinski definition) is 0. The van der Waals surface area contributed by atoms with Gasteiger partial charge in [0.1, 0.15) is 0 Å². The van der Waals surface area contributed by atoms with Crippen molar-refractivity contribution in [1.29, 1.82) is 0 Å². The molecule has 0 N–H and O–H groups in total. The van der Waals surface area contributed by atoms with Gasteiger partial charge in [0, 0.05) is 31.1 Å². The molecule has 0 radical (unpaired) electrons. The fraction of sp³-hybridized carbons (Fsp3) is 0.350. The summed E-state index contributed by atoms with van der Waals surface area (Å²) in [7, 11) is 0. The second-order valence-corrected chi connectivity index (χ2v) is 6.22. The van der Waals surface area contributed by atoms with Crippen molar-refractivity contribution in [2.45, 2.75) is 39.8 Å². The topological polar surface area (TPSA) is 25.2 Å². The molecular weight excluding hydrogens is 284 g/mol. The van der Waals surface area contributed by atoms with E-state index < -0.39 is 0 Å². The molecule has 1 aliphatic rings. The van der Waals surface area contributed by atoms with Crippen LogP contribution in [-0.4, -0.2) is 21.9 Å². The van der Waals surface area contributed by atoms with Gasteiger partial charge in [-0.15, -0.1) is 0 Å². The molecule has 1 aromatic heterocycles. The molecule has 0 fully saturated rings. The third-order valence-corrected chi connectivity index (χ3v) is 4.73. The SMILES string of the molecule is CC/C(=C/C(=O)N1CCn2cccc2[C@@H]1C)c1ccc(C)cc1. The third-order valence-electron chi connectivity index (χ3n) is 4.73. The van der Waals surface area contributed by atoms with Gasteiger partial charge in [-0.1, -0.05) is 36.8 Å². The minimum atomic E-state index is 0.113. The molecule has 0 bridgehead atoms. The van der Waals surface area contributed by atoms with Crippen LogP contribution in [0.4, 0.5) is 0 Å². The summed E-state index contributed by atoms with van der Waals surface area (Å²) in [5, 5.41) is 0. The Hall–Kier alpha value is -2.29. The maximum absolute atomic E-state index is 12.8. The highest BCUT2D eigenvalue weighted by atomic mass is 16.2. The number of allylic oxidation sites excluding steroid dienone is 1. The number of rotatable bonds is 3. The second-order valence-electron chi connectivity index (χ2n) is 6.22. The molecule has 1 aromatic carbocycles. The number of benzene rings is 1. The highest BCUT2D eigenvalue weighted by Crippen LogP contribution is 2.27. The Labute approximate surface area is 138 Å². The van der Waals surface area contributed by atoms with Gasteiger partial charge in [0.05, 0.1) is 6.04 Å². The number of carbonyl (C=O) groups excluding carboxylic acids is 1. The molecule has 3 nitrogen and oxygen atoms in total. The van der Waals surface area contributed by atoms with E-state index in [9.17, 15) is 4.79 Å². The van der Waals surface area contributed by atoms with Crippen LogP contribution in [-0.2, 0) is 11.3 Å². The zero-order valence-corrected chi connectivity index (χ0v) is 14.1. The lowest BCUT2D eigenvalue weighted by Gasteiger charge is -2.34. The minimum Gasteiger partial charge on any atom is -0.348 e. The van der Waals surface area contributed by atoms with Crippen LogP contribution < -0.4 is 0 Å². The first-order chi connectivity index (χ1) is 11.1. The van der Waals surface area contributed by atoms with Crippen LogP contribution in [0, 0.1) is 6.92 Å². The summed E-state index contributed by atoms with van der Waals surface area (Å²) in [5.41, 5.74) is 4.69. The lowest BCUT2D eigenvalue weighted by Crippen LogP contribution is -2.39. The summed E-state index contributed by atoms with van der Waals surface area (Å²) in [6.07, 6.45) is 4.76. The lowest BCUT2D eigenvalue weighted by molar-refractivity contribution is -0.129. The Morgan fingerprint density at radius 2 is 1.96 bits per heavy atom. The highest BCUT2D eigenvalue weighted by Gasteiger charge is 2.26. The molecule has 3 heteroatoms. The van der Waals surface area contributed by atoms with Crippen molar-refractivity contribution in [1.82, 2.24) is 9.47 Å². The zero-order valence-electron chi connectivity index (χ0n) is 14.1. The highest BCUT2D eigenvalue weighted by molar-refractivity contribution is 5.95. The first-order valence-corrected chi connectivity index (χ1v) is 8.33. The number of fused-ring (bicyclic) bond motifs is 1. The van der Waals surface area contributed by atoms with Crippen molar-refractivity contribution >= 4 is 11.5 Å². The molecule has 2 heterocycles. The maximum atomic E-state index is 12.8. The molecule has 120 valence electrons. The Balaban J connectivity index is 1.83. The van der Waals surface area contributed by atoms with Gasteiger partial charge in [0.2, 0.25) is 5.91 Å². The molecule has 0 spiro atoms. The van der Waals surface area contributed by atoms with Crippen molar-refractivity contribution in [2.75, 3.05) is 6.54 Å². The van der Waals surface area contributed by atoms with Gasteiger partial charge in [-0.3, -0.25) is 4.79 Å². The molecule has 2 aromatic rings. The number of aromatic nitrogens is 1. The van der Waals surface area contributed by atoms with E-state index in [1.54, 1.807) is 0 Å². The summed E-state index contributed by atoms with van der Waals surface area (Å²) < 4.78 is 2.23. The fourth-order valence-electron chi connectivity index (χ4n) is 3.27. The van der Waals surface area contributed by atoms with E-state index in [2.05, 4.69) is 67.9 Å². The Kier molecular flexibility index (Phi) is 4.37. The number of hydrogen-bond acceptors (Lipinski definition) is 1. The van der Waals surface area contributed by atoms with Crippen LogP contribution >= 0.6 is 0 Å². The van der Waals surface area contributed by atoms with Gasteiger partial charge in [0.15, 0.2) is 0 Å². The van der Waals surface area contributed by atoms with Crippen LogP contribution in [0.2, 0.25) is 0 Å². The van der Waals surface area contributed by atoms with E-state index in [-0.39, 0.29) is 11.9 Å². The van der Waals surface area contributed by atoms with Gasteiger partial charge in [-0.05, 0) is 43.5 Å². The largest absolute Gasteiger partial charge is 0.348 e. The smallest absolute Gasteiger partial charge is 0.247 e. The molecule has 1 atom stereocenters. The number of carbonyl (C=O) groups is 1. The van der Waals surface area contributed by atoms with Crippen LogP contribution in [0.1, 0.15) is 43.1 Å². The van der Waals surface area contributed by atoms with E-state index in [0.717, 1.165) is 30.6 Å². The standard InChI is InChI=1S/C20H24N2O/c1-4-17(18-9-7-15(2)8-10-18)14-20(23)22-13-12-21-11-5-6-19(21)16(22)3/h5-11,14,16H,4,12-13H2,1-3H3/b17-14-/t16-/m0/s1. The summed E-state index contributed by atoms with van der Waals surface area (Å²) in [6, 6.07) is 12.7. The predicted octanol–water partition coefficient (Wildman–Crippen LogP) is 4.19. The van der Waals surface area contributed by atoms with Gasteiger partial charge in [0.25, 0.3) is 0 Å². The van der Waals surface area contributed by atoms with Gasteiger partial charge < -0.3 is 9.47 Å². The summed E-state index contributed by atoms with van der Waals surface area (Å²) >= 11 is 0. The molecule has 0 unspecified atom stereocenters. The monoisotopic (exact) mass is 308 g/mol. The van der Waals surface area contributed by atoms with Gasteiger partial charge >= 0.3 is 0 Å². The average Bonchev–Trinajstić information content (AvgIpc) is 3.03. The van der Waals surface area contributed by atoms with E-state index in [1.807, 2.05) is 11.0 Å². The maximum Gasteiger partial charge on any atom is 0.247 e. The number of nitrogens with zero attached hydrogens (tertiary/aromatic N) is 2. The van der Waals surface area contributed by atoms with E-state index >= 15 is 0 Å². The summed E-state index contributed by atoms with van der Waals surface area (Å²) in [6.45, 7) is 7.92. The molecule has 0 saturated carbocycles. The first kappa shape index (κ1) is 15.6. The predicted molar refractivity (Wildman–Crippen MR) is 94.0 cm³/mol. The van der Waals surface area contributed by atoms with Crippen molar-refractivity contribution in [2.24, 2.45) is 0 Å². The number of amides is 1. The molecule has 1 amide bonds. The second kappa shape index (κ2) is 6.45. The first-order valence-electron chi connectivity index (χ1n) is 8.33. The summed E-state index contributed by atoms with van der Waals surface area (Å²) in [4.78, 5) is 14.8. The Morgan fingerprint density at radius 3 is 2.65 bits per heavy atom. The molecule has 0 aliphatic carbocycles. The van der Waals surface area contributed by atoms with Crippen LogP contribution in [0.15, 0.2) is 48.7 Å². The van der Waals surface area contributed by atoms with Crippen LogP contribution in [0.5, 0.6) is 0 Å². The molecule has 1 aliphatic heterocycles. The third kappa shape index (κ3) is 3.09. The normalized spacial score (nSPS) is 18.0. The van der Waals surface area contributed by atoms with E-state index in [0.29, 0.717) is 0 Å². The number of aryl methyl sites for hydroxylation is 1. The Bertz CT molecular complexity index is 724. The molecular formula is C20H24N2O. The Morgan fingerprint density at radius 1 is 1.22 bits per heavy atom. The average molecular weight is 308 g/mol. The molecule has 0 saturated heterocycles. The van der Waals surface area contributed by atoms with Crippen LogP contribution in [0.25, 0.3) is 5.57 Å². The van der Waals surface area contributed by atoms with Gasteiger partial charge in [-0.2, -0.15) is 0 Å². The van der Waals surface area contributed by atoms with Crippen LogP contribution in [0.3, 0.4) is 0 Å². The van der Waals surface area contributed by atoms with E-state index in [1.165, 1.54) is 11.3 Å². The van der Waals surface area contributed by atoms with Gasteiger partial charge in [-0.25, -0.2) is 0 Å². The van der Waals surface area contributed by atoms with Crippen molar-refractivity contribution in [3.05, 3.63) is 65.5 Å². The fourth-order valence-corrected chi connectivity index (χ4v) is 3.27.